The van der Waals surface area contributed by atoms with Crippen molar-refractivity contribution in [2.75, 3.05) is 11.9 Å². The number of anilines is 1. The topological polar surface area (TPSA) is 20.3 Å². The smallest absolute Gasteiger partial charge is 0.258 e. The predicted molar refractivity (Wildman–Crippen MR) is 82.3 cm³/mol. The summed E-state index contributed by atoms with van der Waals surface area (Å²) in [5.74, 6) is -0.0148. The molecule has 0 heterocycles. The number of aryl methyl sites for hydroxylation is 2. The van der Waals surface area contributed by atoms with Crippen LogP contribution in [0.25, 0.3) is 0 Å². The molecule has 0 bridgehead atoms. The molecule has 0 aliphatic carbocycles. The lowest BCUT2D eigenvalue weighted by molar-refractivity contribution is 0.0992. The average molecular weight is 271 g/mol. The first kappa shape index (κ1) is 13.7. The standard InChI is InChI=1S/C16H17NOS/c1-11-5-4-6-13(9-11)17(3)16(18)15-10-14(19)8-7-12(15)2/h4-10,19H,1-3H3. The highest BCUT2D eigenvalue weighted by Crippen LogP contribution is 2.20. The minimum absolute atomic E-state index is 0.0148. The molecule has 2 aromatic rings. The van der Waals surface area contributed by atoms with Crippen LogP contribution in [0.15, 0.2) is 47.4 Å². The zero-order valence-corrected chi connectivity index (χ0v) is 12.2. The number of amides is 1. The fourth-order valence-electron chi connectivity index (χ4n) is 1.97. The van der Waals surface area contributed by atoms with Crippen LogP contribution in [0, 0.1) is 13.8 Å². The molecule has 0 aromatic heterocycles. The van der Waals surface area contributed by atoms with Gasteiger partial charge in [-0.3, -0.25) is 4.79 Å². The fraction of sp³-hybridized carbons (Fsp3) is 0.188. The summed E-state index contributed by atoms with van der Waals surface area (Å²) in [7, 11) is 1.79. The molecule has 0 atom stereocenters. The molecular weight excluding hydrogens is 254 g/mol. The lowest BCUT2D eigenvalue weighted by Crippen LogP contribution is -2.26. The van der Waals surface area contributed by atoms with Gasteiger partial charge in [0, 0.05) is 23.2 Å². The van der Waals surface area contributed by atoms with Gasteiger partial charge < -0.3 is 4.90 Å². The number of benzene rings is 2. The van der Waals surface area contributed by atoms with E-state index in [1.54, 1.807) is 11.9 Å². The van der Waals surface area contributed by atoms with Gasteiger partial charge in [-0.05, 0) is 49.2 Å². The van der Waals surface area contributed by atoms with Crippen molar-refractivity contribution >= 4 is 24.2 Å². The molecule has 0 radical (unpaired) electrons. The Kier molecular flexibility index (Phi) is 3.96. The van der Waals surface area contributed by atoms with E-state index in [1.807, 2.05) is 56.3 Å². The Bertz CT molecular complexity index is 622. The summed E-state index contributed by atoms with van der Waals surface area (Å²) in [4.78, 5) is 15.0. The number of hydrogen-bond acceptors (Lipinski definition) is 2. The SMILES string of the molecule is Cc1cccc(N(C)C(=O)c2cc(S)ccc2C)c1. The molecule has 0 aliphatic rings. The van der Waals surface area contributed by atoms with E-state index in [-0.39, 0.29) is 5.91 Å². The zero-order chi connectivity index (χ0) is 14.0. The monoisotopic (exact) mass is 271 g/mol. The Morgan fingerprint density at radius 2 is 1.84 bits per heavy atom. The lowest BCUT2D eigenvalue weighted by Gasteiger charge is -2.19. The van der Waals surface area contributed by atoms with Crippen molar-refractivity contribution in [3.63, 3.8) is 0 Å². The van der Waals surface area contributed by atoms with Crippen LogP contribution in [0.2, 0.25) is 0 Å². The number of hydrogen-bond donors (Lipinski definition) is 1. The molecule has 3 heteroatoms. The maximum Gasteiger partial charge on any atom is 0.258 e. The molecule has 0 saturated carbocycles. The second-order valence-corrected chi connectivity index (χ2v) is 5.22. The largest absolute Gasteiger partial charge is 0.311 e. The van der Waals surface area contributed by atoms with Gasteiger partial charge in [0.25, 0.3) is 5.91 Å². The van der Waals surface area contributed by atoms with E-state index >= 15 is 0 Å². The van der Waals surface area contributed by atoms with Crippen molar-refractivity contribution in [3.05, 3.63) is 59.2 Å². The van der Waals surface area contributed by atoms with Gasteiger partial charge in [0.2, 0.25) is 0 Å². The van der Waals surface area contributed by atoms with E-state index in [1.165, 1.54) is 0 Å². The Labute approximate surface area is 119 Å². The number of rotatable bonds is 2. The summed E-state index contributed by atoms with van der Waals surface area (Å²) in [5.41, 5.74) is 3.68. The Morgan fingerprint density at radius 3 is 2.53 bits per heavy atom. The molecule has 0 aliphatic heterocycles. The Morgan fingerprint density at radius 1 is 1.11 bits per heavy atom. The molecule has 2 aromatic carbocycles. The molecule has 0 unspecified atom stereocenters. The van der Waals surface area contributed by atoms with Crippen molar-refractivity contribution in [1.82, 2.24) is 0 Å². The quantitative estimate of drug-likeness (QED) is 0.822. The van der Waals surface area contributed by atoms with E-state index in [9.17, 15) is 4.79 Å². The average Bonchev–Trinajstić information content (AvgIpc) is 2.40. The van der Waals surface area contributed by atoms with Gasteiger partial charge in [-0.2, -0.15) is 0 Å². The molecule has 19 heavy (non-hydrogen) atoms. The van der Waals surface area contributed by atoms with Crippen LogP contribution in [-0.4, -0.2) is 13.0 Å². The number of carbonyl (C=O) groups excluding carboxylic acids is 1. The molecule has 0 fully saturated rings. The summed E-state index contributed by atoms with van der Waals surface area (Å²) in [6, 6.07) is 13.5. The number of thiol groups is 1. The first-order valence-corrected chi connectivity index (χ1v) is 6.58. The highest BCUT2D eigenvalue weighted by Gasteiger charge is 2.15. The highest BCUT2D eigenvalue weighted by atomic mass is 32.1. The molecule has 2 rings (SSSR count). The van der Waals surface area contributed by atoms with Gasteiger partial charge in [0.15, 0.2) is 0 Å². The van der Waals surface area contributed by atoms with Crippen LogP contribution in [-0.2, 0) is 0 Å². The maximum atomic E-state index is 12.5. The van der Waals surface area contributed by atoms with Crippen molar-refractivity contribution in [2.24, 2.45) is 0 Å². The summed E-state index contributed by atoms with van der Waals surface area (Å²) in [6.45, 7) is 3.95. The van der Waals surface area contributed by atoms with E-state index in [4.69, 9.17) is 0 Å². The van der Waals surface area contributed by atoms with Gasteiger partial charge in [0.05, 0.1) is 0 Å². The first-order valence-electron chi connectivity index (χ1n) is 6.13. The third-order valence-corrected chi connectivity index (χ3v) is 3.42. The Hall–Kier alpha value is -1.74. The van der Waals surface area contributed by atoms with Gasteiger partial charge >= 0.3 is 0 Å². The normalized spacial score (nSPS) is 10.3. The number of carbonyl (C=O) groups is 1. The van der Waals surface area contributed by atoms with Crippen molar-refractivity contribution in [2.45, 2.75) is 18.7 Å². The van der Waals surface area contributed by atoms with Crippen molar-refractivity contribution < 1.29 is 4.79 Å². The minimum Gasteiger partial charge on any atom is -0.311 e. The third-order valence-electron chi connectivity index (χ3n) is 3.15. The molecule has 0 saturated heterocycles. The van der Waals surface area contributed by atoms with Crippen LogP contribution in [0.5, 0.6) is 0 Å². The van der Waals surface area contributed by atoms with Crippen molar-refractivity contribution in [1.29, 1.82) is 0 Å². The van der Waals surface area contributed by atoms with E-state index < -0.39 is 0 Å². The second kappa shape index (κ2) is 5.49. The Balaban J connectivity index is 2.36. The summed E-state index contributed by atoms with van der Waals surface area (Å²) >= 11 is 4.30. The van der Waals surface area contributed by atoms with Gasteiger partial charge in [0.1, 0.15) is 0 Å². The van der Waals surface area contributed by atoms with E-state index in [0.29, 0.717) is 5.56 Å². The first-order chi connectivity index (χ1) is 8.99. The van der Waals surface area contributed by atoms with Crippen molar-refractivity contribution in [3.8, 4) is 0 Å². The zero-order valence-electron chi connectivity index (χ0n) is 11.3. The van der Waals surface area contributed by atoms with Crippen LogP contribution in [0.4, 0.5) is 5.69 Å². The van der Waals surface area contributed by atoms with Gasteiger partial charge in [-0.1, -0.05) is 18.2 Å². The lowest BCUT2D eigenvalue weighted by atomic mass is 10.1. The van der Waals surface area contributed by atoms with Crippen LogP contribution in [0.3, 0.4) is 0 Å². The fourth-order valence-corrected chi connectivity index (χ4v) is 2.18. The predicted octanol–water partition coefficient (Wildman–Crippen LogP) is 3.87. The molecule has 0 spiro atoms. The highest BCUT2D eigenvalue weighted by molar-refractivity contribution is 7.80. The van der Waals surface area contributed by atoms with E-state index in [0.717, 1.165) is 21.7 Å². The summed E-state index contributed by atoms with van der Waals surface area (Å²) in [5, 5.41) is 0. The van der Waals surface area contributed by atoms with E-state index in [2.05, 4.69) is 12.6 Å². The summed E-state index contributed by atoms with van der Waals surface area (Å²) < 4.78 is 0. The van der Waals surface area contributed by atoms with Crippen LogP contribution in [0.1, 0.15) is 21.5 Å². The molecule has 1 amide bonds. The minimum atomic E-state index is -0.0148. The van der Waals surface area contributed by atoms with Gasteiger partial charge in [-0.15, -0.1) is 12.6 Å². The molecule has 0 N–H and O–H groups in total. The number of nitrogens with zero attached hydrogens (tertiary/aromatic N) is 1. The molecular formula is C16H17NOS. The molecule has 2 nitrogen and oxygen atoms in total. The molecule has 98 valence electrons. The van der Waals surface area contributed by atoms with Crippen LogP contribution >= 0.6 is 12.6 Å². The van der Waals surface area contributed by atoms with Crippen LogP contribution < -0.4 is 4.90 Å². The van der Waals surface area contributed by atoms with Gasteiger partial charge in [-0.25, -0.2) is 0 Å². The summed E-state index contributed by atoms with van der Waals surface area (Å²) in [6.07, 6.45) is 0. The third kappa shape index (κ3) is 2.99. The second-order valence-electron chi connectivity index (χ2n) is 4.70. The maximum absolute atomic E-state index is 12.5.